The molecule has 128 valence electrons. The number of carbonyl (C=O) groups is 1. The molecule has 0 spiro atoms. The fourth-order valence-electron chi connectivity index (χ4n) is 2.61. The Kier molecular flexibility index (Phi) is 5.79. The van der Waals surface area contributed by atoms with Gasteiger partial charge in [-0.05, 0) is 49.9 Å². The van der Waals surface area contributed by atoms with Gasteiger partial charge in [0.2, 0.25) is 0 Å². The van der Waals surface area contributed by atoms with Gasteiger partial charge in [0.15, 0.2) is 0 Å². The van der Waals surface area contributed by atoms with Crippen LogP contribution in [0.5, 0.6) is 0 Å². The number of ether oxygens (including phenoxy) is 1. The zero-order chi connectivity index (χ0) is 17.7. The van der Waals surface area contributed by atoms with Gasteiger partial charge in [-0.1, -0.05) is 23.8 Å². The minimum atomic E-state index is -0.414. The van der Waals surface area contributed by atoms with Crippen molar-refractivity contribution < 1.29 is 9.53 Å². The van der Waals surface area contributed by atoms with E-state index in [9.17, 15) is 9.59 Å². The molecule has 0 bridgehead atoms. The van der Waals surface area contributed by atoms with E-state index in [2.05, 4.69) is 42.2 Å². The number of benzene rings is 1. The molecule has 0 atom stereocenters. The van der Waals surface area contributed by atoms with Crippen molar-refractivity contribution in [2.45, 2.75) is 33.6 Å². The average molecular weight is 328 g/mol. The van der Waals surface area contributed by atoms with Gasteiger partial charge in [0.25, 0.3) is 5.56 Å². The van der Waals surface area contributed by atoms with E-state index in [1.54, 1.807) is 6.20 Å². The largest absolute Gasteiger partial charge is 0.469 e. The summed E-state index contributed by atoms with van der Waals surface area (Å²) in [6.45, 7) is 6.60. The van der Waals surface area contributed by atoms with Gasteiger partial charge in [0, 0.05) is 18.3 Å². The van der Waals surface area contributed by atoms with Crippen LogP contribution in [0, 0.1) is 20.8 Å². The number of pyridine rings is 1. The summed E-state index contributed by atoms with van der Waals surface area (Å²) in [5, 5.41) is 0. The number of carbonyl (C=O) groups excluding carboxylic acids is 1. The molecule has 0 aliphatic heterocycles. The number of aromatic nitrogens is 1. The lowest BCUT2D eigenvalue weighted by atomic mass is 10.0. The summed E-state index contributed by atoms with van der Waals surface area (Å²) in [5.74, 6) is -0.414. The van der Waals surface area contributed by atoms with Gasteiger partial charge in [-0.3, -0.25) is 9.59 Å². The summed E-state index contributed by atoms with van der Waals surface area (Å²) in [6.07, 6.45) is 2.50. The quantitative estimate of drug-likeness (QED) is 0.827. The normalized spacial score (nSPS) is 10.5. The third-order valence-electron chi connectivity index (χ3n) is 4.16. The smallest absolute Gasteiger partial charge is 0.310 e. The number of nitrogens with one attached hydrogen (secondary N) is 1. The topological polar surface area (TPSA) is 60.3 Å². The first-order chi connectivity index (χ1) is 11.4. The van der Waals surface area contributed by atoms with Crippen LogP contribution in [-0.4, -0.2) is 24.3 Å². The minimum absolute atomic E-state index is 0.0132. The van der Waals surface area contributed by atoms with Gasteiger partial charge < -0.3 is 10.2 Å². The first-order valence-corrected chi connectivity index (χ1v) is 8.00. The van der Waals surface area contributed by atoms with E-state index >= 15 is 0 Å². The van der Waals surface area contributed by atoms with E-state index in [1.165, 1.54) is 28.5 Å². The summed E-state index contributed by atoms with van der Waals surface area (Å²) < 4.78 is 6.10. The predicted molar refractivity (Wildman–Crippen MR) is 95.0 cm³/mol. The van der Waals surface area contributed by atoms with Crippen molar-refractivity contribution in [3.8, 4) is 0 Å². The van der Waals surface area contributed by atoms with Crippen molar-refractivity contribution in [3.63, 3.8) is 0 Å². The molecular weight excluding hydrogens is 304 g/mol. The summed E-state index contributed by atoms with van der Waals surface area (Å²) >= 11 is 0. The minimum Gasteiger partial charge on any atom is -0.469 e. The van der Waals surface area contributed by atoms with Crippen molar-refractivity contribution in [2.75, 3.05) is 19.1 Å². The number of hydrogen-bond acceptors (Lipinski definition) is 4. The zero-order valence-electron chi connectivity index (χ0n) is 14.7. The fourth-order valence-corrected chi connectivity index (χ4v) is 2.61. The van der Waals surface area contributed by atoms with E-state index in [-0.39, 0.29) is 12.0 Å². The van der Waals surface area contributed by atoms with E-state index in [0.29, 0.717) is 12.1 Å². The predicted octanol–water partition coefficient (Wildman–Crippen LogP) is 2.28. The van der Waals surface area contributed by atoms with Crippen molar-refractivity contribution >= 4 is 5.97 Å². The van der Waals surface area contributed by atoms with Gasteiger partial charge in [-0.2, -0.15) is 0 Å². The molecule has 0 saturated carbocycles. The van der Waals surface area contributed by atoms with Crippen LogP contribution in [0.2, 0.25) is 0 Å². The summed E-state index contributed by atoms with van der Waals surface area (Å²) in [7, 11) is 1.32. The molecule has 0 saturated heterocycles. The maximum atomic E-state index is 12.5. The van der Waals surface area contributed by atoms with Crippen molar-refractivity contribution in [3.05, 3.63) is 68.6 Å². The maximum absolute atomic E-state index is 12.5. The number of esters is 1. The van der Waals surface area contributed by atoms with E-state index < -0.39 is 5.97 Å². The van der Waals surface area contributed by atoms with E-state index in [1.807, 2.05) is 13.0 Å². The number of aryl methyl sites for hydroxylation is 3. The van der Waals surface area contributed by atoms with Gasteiger partial charge in [0.1, 0.15) is 0 Å². The average Bonchev–Trinajstić information content (AvgIpc) is 2.56. The van der Waals surface area contributed by atoms with Crippen LogP contribution < -0.4 is 11.0 Å². The molecule has 0 aliphatic carbocycles. The highest BCUT2D eigenvalue weighted by molar-refractivity contribution is 5.72. The van der Waals surface area contributed by atoms with Gasteiger partial charge in [0.05, 0.1) is 13.5 Å². The summed E-state index contributed by atoms with van der Waals surface area (Å²) in [6, 6.07) is 8.19. The highest BCUT2D eigenvalue weighted by Gasteiger charge is 2.12. The Bertz CT molecular complexity index is 794. The highest BCUT2D eigenvalue weighted by Crippen LogP contribution is 2.11. The third-order valence-corrected chi connectivity index (χ3v) is 4.16. The van der Waals surface area contributed by atoms with Crippen molar-refractivity contribution in [1.82, 2.24) is 4.68 Å². The van der Waals surface area contributed by atoms with Gasteiger partial charge in [-0.15, -0.1) is 0 Å². The van der Waals surface area contributed by atoms with Crippen molar-refractivity contribution in [1.29, 1.82) is 0 Å². The van der Waals surface area contributed by atoms with Gasteiger partial charge >= 0.3 is 5.97 Å². The molecule has 24 heavy (non-hydrogen) atoms. The Morgan fingerprint density at radius 2 is 1.92 bits per heavy atom. The van der Waals surface area contributed by atoms with Crippen LogP contribution in [0.15, 0.2) is 35.3 Å². The molecule has 0 aliphatic rings. The zero-order valence-corrected chi connectivity index (χ0v) is 14.7. The van der Waals surface area contributed by atoms with Crippen LogP contribution in [-0.2, 0) is 22.4 Å². The first kappa shape index (κ1) is 17.8. The molecule has 1 heterocycles. The van der Waals surface area contributed by atoms with Gasteiger partial charge in [-0.25, -0.2) is 4.68 Å². The second kappa shape index (κ2) is 7.81. The third kappa shape index (κ3) is 4.25. The number of methoxy groups -OCH3 is 1. The van der Waals surface area contributed by atoms with Crippen LogP contribution in [0.1, 0.15) is 27.8 Å². The Labute approximate surface area is 142 Å². The van der Waals surface area contributed by atoms with E-state index in [0.717, 1.165) is 12.0 Å². The molecule has 1 aromatic heterocycles. The van der Waals surface area contributed by atoms with Crippen molar-refractivity contribution in [2.24, 2.45) is 0 Å². The second-order valence-corrected chi connectivity index (χ2v) is 5.99. The molecule has 1 aromatic carbocycles. The van der Waals surface area contributed by atoms with Crippen LogP contribution >= 0.6 is 0 Å². The lowest BCUT2D eigenvalue weighted by Gasteiger charge is -2.13. The molecule has 5 nitrogen and oxygen atoms in total. The molecule has 2 aromatic rings. The van der Waals surface area contributed by atoms with Crippen LogP contribution in [0.3, 0.4) is 0 Å². The molecular formula is C19H24N2O3. The lowest BCUT2D eigenvalue weighted by Crippen LogP contribution is -2.33. The molecule has 0 radical (unpaired) electrons. The lowest BCUT2D eigenvalue weighted by molar-refractivity contribution is -0.139. The summed E-state index contributed by atoms with van der Waals surface area (Å²) in [4.78, 5) is 24.0. The second-order valence-electron chi connectivity index (χ2n) is 5.99. The standard InChI is InChI=1S/C19H24N2O3/c1-13-5-6-14(2)16(11-13)7-9-20-21-10-8-15(3)17(19(21)23)12-18(22)24-4/h5-6,8,10-11,20H,7,9,12H2,1-4H3. The Morgan fingerprint density at radius 3 is 2.62 bits per heavy atom. The summed E-state index contributed by atoms with van der Waals surface area (Å²) in [5.41, 5.74) is 7.89. The molecule has 0 unspecified atom stereocenters. The monoisotopic (exact) mass is 328 g/mol. The molecule has 0 fully saturated rings. The Balaban J connectivity index is 2.10. The Morgan fingerprint density at radius 1 is 1.17 bits per heavy atom. The molecule has 5 heteroatoms. The first-order valence-electron chi connectivity index (χ1n) is 8.00. The molecule has 1 N–H and O–H groups in total. The highest BCUT2D eigenvalue weighted by atomic mass is 16.5. The molecule has 0 amide bonds. The number of hydrogen-bond donors (Lipinski definition) is 1. The number of nitrogens with zero attached hydrogens (tertiary/aromatic N) is 1. The fraction of sp³-hybridized carbons (Fsp3) is 0.368. The van der Waals surface area contributed by atoms with E-state index in [4.69, 9.17) is 0 Å². The molecule has 2 rings (SSSR count). The SMILES string of the molecule is COC(=O)Cc1c(C)ccn(NCCc2cc(C)ccc2C)c1=O. The van der Waals surface area contributed by atoms with Crippen LogP contribution in [0.25, 0.3) is 0 Å². The Hall–Kier alpha value is -2.56. The van der Waals surface area contributed by atoms with Crippen LogP contribution in [0.4, 0.5) is 0 Å². The number of rotatable bonds is 6. The maximum Gasteiger partial charge on any atom is 0.310 e.